The Kier molecular flexibility index (Phi) is 17.6. The van der Waals surface area contributed by atoms with Crippen LogP contribution in [-0.2, 0) is 52.2 Å². The van der Waals surface area contributed by atoms with Gasteiger partial charge in [0.05, 0.1) is 57.1 Å². The smallest absolute Gasteiger partial charge is 0.315 e. The van der Waals surface area contributed by atoms with Crippen LogP contribution in [0.2, 0.25) is 0 Å². The van der Waals surface area contributed by atoms with E-state index in [2.05, 4.69) is 26.8 Å². The molecule has 4 saturated carbocycles. The standard InChI is InChI=1S/C54H86O25/c1-49(47(69)71-6)13-15-54(48(70)79-45-39(67)36(64)33(61)27(19-56)74-45)16-14-52(4)23(24(54)17-49)7-8-30-50(2)11-10-31(51(3,22-58)29(50)9-12-53(30,52)5)76-43-40(68)41(25(59)21-72-43)77-46-42(37(65)34(62)28(20-57)75-46)78-44-38(66)35(63)32(60)26(18-55)73-44/h7,24-46,55-68H,8-22H2,1-6H3/t24-,25-,26+,27+,28+,29+,30+,31-,32+,33+,34+,35-,36-,37-,38+,39+,40+,41-,42+,43-,44-,45-,46-,49-,50-,51-,52+,53+,54-/m0/s1. The van der Waals surface area contributed by atoms with Gasteiger partial charge in [0, 0.05) is 5.41 Å². The van der Waals surface area contributed by atoms with Crippen molar-refractivity contribution in [1.82, 2.24) is 0 Å². The molecular formula is C54H86O25. The topological polar surface area (TPSA) is 400 Å². The summed E-state index contributed by atoms with van der Waals surface area (Å²) in [6.07, 6.45) is -25.9. The van der Waals surface area contributed by atoms with Crippen LogP contribution in [0.1, 0.15) is 98.8 Å². The molecular weight excluding hydrogens is 1050 g/mol. The SMILES string of the molecule is COC(=O)[C@@]1(C)CC[C@]2(C(=O)O[C@@H]3O[C@H](CO)[C@@H](O)[C@H](O)[C@H]3O)CC[C@]3(C)C(=CC[C@@H]4[C@@]5(C)CC[C@H](O[C@@H]6OC[C@H](O)[C@H](O[C@@H]7O[C@H](CO)[C@@H](O)[C@H](O)[C@H]7O[C@@H]7O[C@H](CO)[C@@H](O)[C@H](O)[C@H]7O)[C@H]6O)[C@@](C)(CO)[C@@H]5CC[C@]43C)[C@@H]2C1. The Hall–Kier alpha value is -2.16. The third kappa shape index (κ3) is 9.85. The number of aliphatic hydroxyl groups excluding tert-OH is 14. The molecule has 4 saturated heterocycles. The van der Waals surface area contributed by atoms with Gasteiger partial charge in [0.1, 0.15) is 91.6 Å². The van der Waals surface area contributed by atoms with Crippen molar-refractivity contribution in [2.24, 2.45) is 50.2 Å². The number of carbonyl (C=O) groups is 2. The summed E-state index contributed by atoms with van der Waals surface area (Å²) in [5.41, 5.74) is -3.32. The van der Waals surface area contributed by atoms with Crippen LogP contribution in [0.5, 0.6) is 0 Å². The Bertz CT molecular complexity index is 2200. The highest BCUT2D eigenvalue weighted by Gasteiger charge is 2.71. The van der Waals surface area contributed by atoms with Crippen molar-refractivity contribution >= 4 is 11.9 Å². The lowest BCUT2D eigenvalue weighted by atomic mass is 9.33. The van der Waals surface area contributed by atoms with Crippen molar-refractivity contribution in [3.63, 3.8) is 0 Å². The van der Waals surface area contributed by atoms with Crippen LogP contribution in [0.25, 0.3) is 0 Å². The van der Waals surface area contributed by atoms with Crippen molar-refractivity contribution < 1.29 is 124 Å². The second-order valence-electron chi connectivity index (χ2n) is 25.6. The van der Waals surface area contributed by atoms with E-state index in [-0.39, 0.29) is 36.7 Å². The van der Waals surface area contributed by atoms with Gasteiger partial charge in [0.25, 0.3) is 0 Å². The molecule has 9 aliphatic rings. The molecule has 452 valence electrons. The number of allylic oxidation sites excluding steroid dienone is 2. The highest BCUT2D eigenvalue weighted by molar-refractivity contribution is 5.81. The fourth-order valence-electron chi connectivity index (χ4n) is 16.5. The van der Waals surface area contributed by atoms with Gasteiger partial charge in [-0.05, 0) is 105 Å². The Morgan fingerprint density at radius 3 is 1.76 bits per heavy atom. The van der Waals surface area contributed by atoms with Gasteiger partial charge in [-0.15, -0.1) is 0 Å². The van der Waals surface area contributed by atoms with Gasteiger partial charge in [0.15, 0.2) is 18.9 Å². The number of hydrogen-bond acceptors (Lipinski definition) is 25. The largest absolute Gasteiger partial charge is 0.469 e. The van der Waals surface area contributed by atoms with E-state index in [9.17, 15) is 81.1 Å². The lowest BCUT2D eigenvalue weighted by Gasteiger charge is -2.71. The van der Waals surface area contributed by atoms with E-state index < -0.39 is 194 Å². The molecule has 8 fully saturated rings. The Morgan fingerprint density at radius 2 is 1.15 bits per heavy atom. The summed E-state index contributed by atoms with van der Waals surface area (Å²) in [6.45, 7) is 7.54. The van der Waals surface area contributed by atoms with Crippen LogP contribution in [0.4, 0.5) is 0 Å². The minimum absolute atomic E-state index is 0.0400. The maximum atomic E-state index is 14.9. The number of methoxy groups -OCH3 is 1. The molecule has 0 aromatic carbocycles. The first kappa shape index (κ1) is 61.4. The average Bonchev–Trinajstić information content (AvgIpc) is 3.45. The van der Waals surface area contributed by atoms with Crippen LogP contribution in [0, 0.1) is 50.2 Å². The molecule has 0 bridgehead atoms. The summed E-state index contributed by atoms with van der Waals surface area (Å²) in [6, 6.07) is 0. The second kappa shape index (κ2) is 22.7. The highest BCUT2D eigenvalue weighted by atomic mass is 16.8. The van der Waals surface area contributed by atoms with Crippen molar-refractivity contribution in [3.8, 4) is 0 Å². The van der Waals surface area contributed by atoms with Gasteiger partial charge in [-0.25, -0.2) is 0 Å². The molecule has 0 spiro atoms. The zero-order valence-electron chi connectivity index (χ0n) is 45.7. The summed E-state index contributed by atoms with van der Waals surface area (Å²) in [5.74, 6) is -1.69. The number of esters is 2. The van der Waals surface area contributed by atoms with Gasteiger partial charge < -0.3 is 114 Å². The summed E-state index contributed by atoms with van der Waals surface area (Å²) in [7, 11) is 1.34. The summed E-state index contributed by atoms with van der Waals surface area (Å²) in [5, 5.41) is 150. The summed E-state index contributed by atoms with van der Waals surface area (Å²) >= 11 is 0. The maximum absolute atomic E-state index is 14.9. The average molecular weight is 1140 g/mol. The van der Waals surface area contributed by atoms with Crippen LogP contribution >= 0.6 is 0 Å². The van der Waals surface area contributed by atoms with Crippen LogP contribution in [0.15, 0.2) is 11.6 Å². The molecule has 0 aromatic rings. The molecule has 0 aromatic heterocycles. The molecule has 79 heavy (non-hydrogen) atoms. The van der Waals surface area contributed by atoms with Gasteiger partial charge in [-0.3, -0.25) is 9.59 Å². The van der Waals surface area contributed by atoms with Gasteiger partial charge >= 0.3 is 11.9 Å². The fourth-order valence-corrected chi connectivity index (χ4v) is 16.5. The fraction of sp³-hybridized carbons (Fsp3) is 0.926. The number of ether oxygens (including phenoxy) is 9. The highest BCUT2D eigenvalue weighted by Crippen LogP contribution is 2.76. The van der Waals surface area contributed by atoms with Gasteiger partial charge in [-0.1, -0.05) is 39.3 Å². The predicted octanol–water partition coefficient (Wildman–Crippen LogP) is -3.27. The first-order chi connectivity index (χ1) is 37.2. The number of aliphatic hydroxyl groups is 14. The Morgan fingerprint density at radius 1 is 0.582 bits per heavy atom. The molecule has 0 amide bonds. The molecule has 29 atom stereocenters. The van der Waals surface area contributed by atoms with Crippen molar-refractivity contribution in [2.75, 3.05) is 40.1 Å². The Labute approximate surface area is 458 Å². The molecule has 5 aliphatic carbocycles. The van der Waals surface area contributed by atoms with Gasteiger partial charge in [-0.2, -0.15) is 0 Å². The second-order valence-corrected chi connectivity index (χ2v) is 25.6. The first-order valence-electron chi connectivity index (χ1n) is 28.0. The van der Waals surface area contributed by atoms with Crippen LogP contribution in [0.3, 0.4) is 0 Å². The third-order valence-electron chi connectivity index (χ3n) is 21.6. The number of fused-ring (bicyclic) bond motifs is 7. The third-order valence-corrected chi connectivity index (χ3v) is 21.6. The molecule has 25 heteroatoms. The predicted molar refractivity (Wildman–Crippen MR) is 265 cm³/mol. The lowest BCUT2D eigenvalue weighted by Crippen LogP contribution is -2.67. The van der Waals surface area contributed by atoms with Gasteiger partial charge in [0.2, 0.25) is 6.29 Å². The van der Waals surface area contributed by atoms with E-state index in [0.717, 1.165) is 5.57 Å². The van der Waals surface area contributed by atoms with E-state index in [1.807, 2.05) is 13.8 Å². The van der Waals surface area contributed by atoms with E-state index in [1.54, 1.807) is 0 Å². The van der Waals surface area contributed by atoms with Crippen LogP contribution < -0.4 is 0 Å². The molecule has 25 nitrogen and oxygen atoms in total. The number of carbonyl (C=O) groups excluding carboxylic acids is 2. The summed E-state index contributed by atoms with van der Waals surface area (Å²) < 4.78 is 52.8. The lowest BCUT2D eigenvalue weighted by molar-refractivity contribution is -0.387. The summed E-state index contributed by atoms with van der Waals surface area (Å²) in [4.78, 5) is 28.4. The minimum atomic E-state index is -1.94. The molecule has 4 heterocycles. The Balaban J connectivity index is 0.945. The molecule has 4 aliphatic heterocycles. The van der Waals surface area contributed by atoms with E-state index >= 15 is 0 Å². The maximum Gasteiger partial charge on any atom is 0.315 e. The van der Waals surface area contributed by atoms with Crippen molar-refractivity contribution in [2.45, 2.75) is 222 Å². The van der Waals surface area contributed by atoms with E-state index in [1.165, 1.54) is 7.11 Å². The van der Waals surface area contributed by atoms with Crippen LogP contribution in [-0.4, -0.2) is 246 Å². The normalized spacial score (nSPS) is 53.8. The zero-order chi connectivity index (χ0) is 57.7. The molecule has 9 rings (SSSR count). The monoisotopic (exact) mass is 1130 g/mol. The molecule has 0 radical (unpaired) electrons. The molecule has 14 N–H and O–H groups in total. The number of hydrogen-bond donors (Lipinski definition) is 14. The first-order valence-corrected chi connectivity index (χ1v) is 28.0. The van der Waals surface area contributed by atoms with E-state index in [0.29, 0.717) is 51.4 Å². The van der Waals surface area contributed by atoms with E-state index in [4.69, 9.17) is 42.6 Å². The van der Waals surface area contributed by atoms with Crippen molar-refractivity contribution in [3.05, 3.63) is 11.6 Å². The van der Waals surface area contributed by atoms with Crippen molar-refractivity contribution in [1.29, 1.82) is 0 Å². The zero-order valence-corrected chi connectivity index (χ0v) is 45.7. The number of rotatable bonds is 13. The quantitative estimate of drug-likeness (QED) is 0.0489. The molecule has 0 unspecified atom stereocenters. The minimum Gasteiger partial charge on any atom is -0.469 e.